The van der Waals surface area contributed by atoms with Crippen LogP contribution in [0.2, 0.25) is 0 Å². The molecule has 1 N–H and O–H groups in total. The molecule has 0 aliphatic carbocycles. The first-order valence-electron chi connectivity index (χ1n) is 11.6. The standard InChI is InChI=1S/C28H27FN4O3/c1-3-32(27(35)17-20-7-5-4-6-8-20)19-26(34)31-28-30-25(21-9-15-24(36-2)16-10-21)18-33(28)23-13-11-22(29)12-14-23/h4-16,18H,3,17,19H2,1-2H3,(H,30,31,34). The number of rotatable bonds is 9. The maximum Gasteiger partial charge on any atom is 0.246 e. The third-order valence-electron chi connectivity index (χ3n) is 5.71. The molecule has 7 nitrogen and oxygen atoms in total. The zero-order valence-electron chi connectivity index (χ0n) is 20.1. The number of hydrogen-bond acceptors (Lipinski definition) is 4. The van der Waals surface area contributed by atoms with E-state index in [0.29, 0.717) is 23.7 Å². The van der Waals surface area contributed by atoms with Gasteiger partial charge in [0, 0.05) is 24.0 Å². The van der Waals surface area contributed by atoms with Gasteiger partial charge in [-0.05, 0) is 61.0 Å². The Morgan fingerprint density at radius 3 is 2.33 bits per heavy atom. The van der Waals surface area contributed by atoms with E-state index < -0.39 is 0 Å². The van der Waals surface area contributed by atoms with Crippen LogP contribution >= 0.6 is 0 Å². The number of carbonyl (C=O) groups excluding carboxylic acids is 2. The number of halogens is 1. The average Bonchev–Trinajstić information content (AvgIpc) is 3.31. The molecule has 0 saturated carbocycles. The number of methoxy groups -OCH3 is 1. The second-order valence-electron chi connectivity index (χ2n) is 8.14. The number of likely N-dealkylation sites (N-methyl/N-ethyl adjacent to an activating group) is 1. The molecule has 0 saturated heterocycles. The third-order valence-corrected chi connectivity index (χ3v) is 5.71. The molecule has 0 unspecified atom stereocenters. The molecule has 0 fully saturated rings. The minimum atomic E-state index is -0.381. The Labute approximate surface area is 209 Å². The molecule has 184 valence electrons. The summed E-state index contributed by atoms with van der Waals surface area (Å²) in [7, 11) is 1.59. The second-order valence-corrected chi connectivity index (χ2v) is 8.14. The Balaban J connectivity index is 1.55. The molecule has 0 radical (unpaired) electrons. The fourth-order valence-corrected chi connectivity index (χ4v) is 3.76. The molecule has 1 aromatic heterocycles. The molecule has 1 heterocycles. The van der Waals surface area contributed by atoms with Gasteiger partial charge in [0.2, 0.25) is 17.8 Å². The normalized spacial score (nSPS) is 10.6. The number of benzene rings is 3. The molecule has 4 aromatic rings. The summed E-state index contributed by atoms with van der Waals surface area (Å²) in [5.41, 5.74) is 2.95. The predicted octanol–water partition coefficient (Wildman–Crippen LogP) is 4.72. The minimum Gasteiger partial charge on any atom is -0.497 e. The van der Waals surface area contributed by atoms with Crippen LogP contribution < -0.4 is 10.1 Å². The monoisotopic (exact) mass is 486 g/mol. The van der Waals surface area contributed by atoms with Crippen molar-refractivity contribution in [2.75, 3.05) is 25.5 Å². The van der Waals surface area contributed by atoms with Gasteiger partial charge in [-0.15, -0.1) is 0 Å². The lowest BCUT2D eigenvalue weighted by Gasteiger charge is -2.20. The Kier molecular flexibility index (Phi) is 7.75. The summed E-state index contributed by atoms with van der Waals surface area (Å²) in [6, 6.07) is 22.7. The van der Waals surface area contributed by atoms with Crippen molar-refractivity contribution in [3.8, 4) is 22.7 Å². The molecule has 36 heavy (non-hydrogen) atoms. The van der Waals surface area contributed by atoms with Crippen molar-refractivity contribution in [2.24, 2.45) is 0 Å². The second kappa shape index (κ2) is 11.3. The zero-order valence-corrected chi connectivity index (χ0v) is 20.1. The Morgan fingerprint density at radius 2 is 1.69 bits per heavy atom. The molecule has 0 spiro atoms. The van der Waals surface area contributed by atoms with Crippen LogP contribution in [0.5, 0.6) is 5.75 Å². The summed E-state index contributed by atoms with van der Waals surface area (Å²) in [5.74, 6) is 0.0950. The van der Waals surface area contributed by atoms with Gasteiger partial charge in [-0.1, -0.05) is 30.3 Å². The maximum atomic E-state index is 13.5. The summed E-state index contributed by atoms with van der Waals surface area (Å²) in [5, 5.41) is 2.82. The number of nitrogens with one attached hydrogen (secondary N) is 1. The highest BCUT2D eigenvalue weighted by Gasteiger charge is 2.19. The average molecular weight is 487 g/mol. The van der Waals surface area contributed by atoms with Gasteiger partial charge in [0.1, 0.15) is 11.6 Å². The van der Waals surface area contributed by atoms with E-state index in [1.807, 2.05) is 61.5 Å². The van der Waals surface area contributed by atoms with E-state index in [2.05, 4.69) is 10.3 Å². The van der Waals surface area contributed by atoms with Crippen LogP contribution in [0.15, 0.2) is 85.1 Å². The van der Waals surface area contributed by atoms with Gasteiger partial charge in [-0.25, -0.2) is 9.37 Å². The van der Waals surface area contributed by atoms with Gasteiger partial charge in [0.05, 0.1) is 25.8 Å². The van der Waals surface area contributed by atoms with Crippen molar-refractivity contribution >= 4 is 17.8 Å². The fourth-order valence-electron chi connectivity index (χ4n) is 3.76. The molecule has 2 amide bonds. The highest BCUT2D eigenvalue weighted by molar-refractivity contribution is 5.94. The first-order valence-corrected chi connectivity index (χ1v) is 11.6. The molecule has 0 aliphatic heterocycles. The number of carbonyl (C=O) groups is 2. The lowest BCUT2D eigenvalue weighted by atomic mass is 10.1. The summed E-state index contributed by atoms with van der Waals surface area (Å²) >= 11 is 0. The third kappa shape index (κ3) is 5.96. The fraction of sp³-hybridized carbons (Fsp3) is 0.179. The van der Waals surface area contributed by atoms with Crippen molar-refractivity contribution in [2.45, 2.75) is 13.3 Å². The number of hydrogen-bond donors (Lipinski definition) is 1. The first kappa shape index (κ1) is 24.7. The predicted molar refractivity (Wildman–Crippen MR) is 137 cm³/mol. The molecule has 8 heteroatoms. The van der Waals surface area contributed by atoms with Crippen molar-refractivity contribution in [1.82, 2.24) is 14.5 Å². The first-order chi connectivity index (χ1) is 17.5. The van der Waals surface area contributed by atoms with Crippen LogP contribution in [0.3, 0.4) is 0 Å². The quantitative estimate of drug-likeness (QED) is 0.372. The van der Waals surface area contributed by atoms with E-state index in [1.165, 1.54) is 17.0 Å². The number of imidazole rings is 1. The number of anilines is 1. The van der Waals surface area contributed by atoms with Gasteiger partial charge >= 0.3 is 0 Å². The van der Waals surface area contributed by atoms with Crippen molar-refractivity contribution in [3.05, 3.63) is 96.4 Å². The highest BCUT2D eigenvalue weighted by atomic mass is 19.1. The number of nitrogens with zero attached hydrogens (tertiary/aromatic N) is 3. The summed E-state index contributed by atoms with van der Waals surface area (Å²) in [6.45, 7) is 2.11. The van der Waals surface area contributed by atoms with Crippen LogP contribution in [0.25, 0.3) is 16.9 Å². The Bertz CT molecular complexity index is 1320. The van der Waals surface area contributed by atoms with Crippen molar-refractivity contribution in [1.29, 1.82) is 0 Å². The van der Waals surface area contributed by atoms with Gasteiger partial charge in [0.25, 0.3) is 0 Å². The molecule has 0 bridgehead atoms. The largest absolute Gasteiger partial charge is 0.497 e. The molecule has 3 aromatic carbocycles. The van der Waals surface area contributed by atoms with E-state index in [4.69, 9.17) is 4.74 Å². The number of amides is 2. The van der Waals surface area contributed by atoms with Crippen LogP contribution in [-0.4, -0.2) is 46.5 Å². The molecular formula is C28H27FN4O3. The lowest BCUT2D eigenvalue weighted by molar-refractivity contribution is -0.133. The van der Waals surface area contributed by atoms with Crippen LogP contribution in [0.1, 0.15) is 12.5 Å². The van der Waals surface area contributed by atoms with Crippen molar-refractivity contribution < 1.29 is 18.7 Å². The maximum absolute atomic E-state index is 13.5. The van der Waals surface area contributed by atoms with E-state index in [-0.39, 0.29) is 36.5 Å². The Hall–Kier alpha value is -4.46. The van der Waals surface area contributed by atoms with Gasteiger partial charge in [-0.3, -0.25) is 19.5 Å². The number of aromatic nitrogens is 2. The smallest absolute Gasteiger partial charge is 0.246 e. The molecular weight excluding hydrogens is 459 g/mol. The molecule has 0 aliphatic rings. The van der Waals surface area contributed by atoms with E-state index in [1.54, 1.807) is 30.0 Å². The van der Waals surface area contributed by atoms with Crippen LogP contribution in [0, 0.1) is 5.82 Å². The topological polar surface area (TPSA) is 76.5 Å². The van der Waals surface area contributed by atoms with Crippen molar-refractivity contribution in [3.63, 3.8) is 0 Å². The van der Waals surface area contributed by atoms with Gasteiger partial charge in [-0.2, -0.15) is 0 Å². The summed E-state index contributed by atoms with van der Waals surface area (Å²) < 4.78 is 20.4. The molecule has 0 atom stereocenters. The SMILES string of the molecule is CCN(CC(=O)Nc1nc(-c2ccc(OC)cc2)cn1-c1ccc(F)cc1)C(=O)Cc1ccccc1. The van der Waals surface area contributed by atoms with Gasteiger partial charge in [0.15, 0.2) is 0 Å². The van der Waals surface area contributed by atoms with E-state index in [9.17, 15) is 14.0 Å². The number of ether oxygens (including phenoxy) is 1. The van der Waals surface area contributed by atoms with Crippen LogP contribution in [-0.2, 0) is 16.0 Å². The van der Waals surface area contributed by atoms with E-state index >= 15 is 0 Å². The Morgan fingerprint density at radius 1 is 1.00 bits per heavy atom. The minimum absolute atomic E-state index is 0.115. The van der Waals surface area contributed by atoms with Gasteiger partial charge < -0.3 is 9.64 Å². The summed E-state index contributed by atoms with van der Waals surface area (Å²) in [6.07, 6.45) is 1.98. The van der Waals surface area contributed by atoms with Crippen LogP contribution in [0.4, 0.5) is 10.3 Å². The van der Waals surface area contributed by atoms with E-state index in [0.717, 1.165) is 11.1 Å². The summed E-state index contributed by atoms with van der Waals surface area (Å²) in [4.78, 5) is 31.9. The lowest BCUT2D eigenvalue weighted by Crippen LogP contribution is -2.39. The zero-order chi connectivity index (χ0) is 25.5. The molecule has 4 rings (SSSR count). The highest BCUT2D eigenvalue weighted by Crippen LogP contribution is 2.26.